The van der Waals surface area contributed by atoms with Gasteiger partial charge in [-0.3, -0.25) is 9.69 Å². The molecular weight excluding hydrogens is 356 g/mol. The molecule has 4 nitrogen and oxygen atoms in total. The summed E-state index contributed by atoms with van der Waals surface area (Å²) < 4.78 is 5.41. The number of likely N-dealkylation sites (tertiary alicyclic amines) is 1. The molecule has 2 aliphatic carbocycles. The summed E-state index contributed by atoms with van der Waals surface area (Å²) in [5.41, 5.74) is 2.89. The van der Waals surface area contributed by atoms with Crippen LogP contribution in [0.3, 0.4) is 0 Å². The third kappa shape index (κ3) is 2.28. The zero-order valence-electron chi connectivity index (χ0n) is 16.1. The first kappa shape index (κ1) is 17.3. The predicted octanol–water partition coefficient (Wildman–Crippen LogP) is 4.16. The van der Waals surface area contributed by atoms with E-state index in [1.54, 1.807) is 7.11 Å². The number of piperidine rings is 2. The first-order valence-corrected chi connectivity index (χ1v) is 10.7. The number of carbonyl (C=O) groups is 1. The summed E-state index contributed by atoms with van der Waals surface area (Å²) >= 11 is 1.52. The van der Waals surface area contributed by atoms with Crippen molar-refractivity contribution >= 4 is 17.2 Å². The molecule has 1 saturated heterocycles. The predicted molar refractivity (Wildman–Crippen MR) is 107 cm³/mol. The molecule has 5 heteroatoms. The van der Waals surface area contributed by atoms with E-state index < -0.39 is 0 Å². The number of nitrogens with one attached hydrogen (secondary N) is 1. The molecule has 2 saturated carbocycles. The van der Waals surface area contributed by atoms with Gasteiger partial charge in [0.05, 0.1) is 12.0 Å². The molecule has 1 amide bonds. The molecule has 0 radical (unpaired) electrons. The molecule has 5 rings (SSSR count). The van der Waals surface area contributed by atoms with Crippen molar-refractivity contribution < 1.29 is 9.53 Å². The van der Waals surface area contributed by atoms with Crippen molar-refractivity contribution in [1.82, 2.24) is 10.2 Å². The van der Waals surface area contributed by atoms with Gasteiger partial charge in [-0.25, -0.2) is 0 Å². The number of aryl methyl sites for hydroxylation is 1. The number of hydrogen-bond donors (Lipinski definition) is 1. The summed E-state index contributed by atoms with van der Waals surface area (Å²) in [5, 5.41) is 5.29. The van der Waals surface area contributed by atoms with Crippen LogP contribution < -0.4 is 10.1 Å². The maximum absolute atomic E-state index is 12.5. The van der Waals surface area contributed by atoms with Crippen LogP contribution in [0.15, 0.2) is 35.7 Å². The fourth-order valence-electron chi connectivity index (χ4n) is 5.80. The van der Waals surface area contributed by atoms with E-state index in [2.05, 4.69) is 42.3 Å². The van der Waals surface area contributed by atoms with Crippen molar-refractivity contribution in [1.29, 1.82) is 0 Å². The highest BCUT2D eigenvalue weighted by molar-refractivity contribution is 7.12. The molecule has 1 aliphatic heterocycles. The largest absolute Gasteiger partial charge is 0.496 e. The fourth-order valence-corrected chi connectivity index (χ4v) is 6.43. The van der Waals surface area contributed by atoms with E-state index >= 15 is 0 Å². The Kier molecular flexibility index (Phi) is 3.89. The van der Waals surface area contributed by atoms with Gasteiger partial charge in [-0.05, 0) is 61.7 Å². The minimum Gasteiger partial charge on any atom is -0.496 e. The van der Waals surface area contributed by atoms with Crippen molar-refractivity contribution in [2.24, 2.45) is 5.41 Å². The van der Waals surface area contributed by atoms with E-state index in [1.807, 2.05) is 17.5 Å². The van der Waals surface area contributed by atoms with Crippen molar-refractivity contribution in [3.05, 3.63) is 51.7 Å². The molecule has 1 N–H and O–H groups in total. The number of methoxy groups -OCH3 is 1. The highest BCUT2D eigenvalue weighted by atomic mass is 32.1. The summed E-state index contributed by atoms with van der Waals surface area (Å²) in [6, 6.07) is 12.4. The molecule has 2 heterocycles. The average Bonchev–Trinajstić information content (AvgIpc) is 3.16. The minimum absolute atomic E-state index is 0.103. The quantitative estimate of drug-likeness (QED) is 0.844. The van der Waals surface area contributed by atoms with Gasteiger partial charge >= 0.3 is 0 Å². The number of ether oxygens (including phenoxy) is 1. The SMILES string of the molecule is COc1ccc(C(C)N2C3CC(NC(=O)c4cccs4)C34CC[C@@H]24)cc1C. The van der Waals surface area contributed by atoms with E-state index in [-0.39, 0.29) is 5.91 Å². The van der Waals surface area contributed by atoms with E-state index in [9.17, 15) is 4.79 Å². The van der Waals surface area contributed by atoms with Crippen LogP contribution in [0, 0.1) is 12.3 Å². The molecular formula is C22H26N2O2S. The molecule has 27 heavy (non-hydrogen) atoms. The summed E-state index contributed by atoms with van der Waals surface area (Å²) in [7, 11) is 1.72. The molecule has 0 bridgehead atoms. The van der Waals surface area contributed by atoms with Crippen LogP contribution in [0.2, 0.25) is 0 Å². The van der Waals surface area contributed by atoms with Gasteiger partial charge in [0.2, 0.25) is 0 Å². The van der Waals surface area contributed by atoms with E-state index in [0.717, 1.165) is 17.0 Å². The summed E-state index contributed by atoms with van der Waals surface area (Å²) in [6.07, 6.45) is 3.58. The molecule has 1 spiro atoms. The van der Waals surface area contributed by atoms with Gasteiger partial charge in [0.1, 0.15) is 5.75 Å². The maximum Gasteiger partial charge on any atom is 0.261 e. The molecule has 2 aromatic rings. The van der Waals surface area contributed by atoms with Crippen LogP contribution >= 0.6 is 11.3 Å². The second kappa shape index (κ2) is 6.08. The van der Waals surface area contributed by atoms with E-state index in [4.69, 9.17) is 4.74 Å². The summed E-state index contributed by atoms with van der Waals surface area (Å²) in [4.78, 5) is 16.0. The Morgan fingerprint density at radius 1 is 1.37 bits per heavy atom. The molecule has 5 atom stereocenters. The van der Waals surface area contributed by atoms with Crippen molar-refractivity contribution in [3.8, 4) is 5.75 Å². The van der Waals surface area contributed by atoms with Crippen LogP contribution in [0.4, 0.5) is 0 Å². The van der Waals surface area contributed by atoms with E-state index in [1.165, 1.54) is 35.3 Å². The Hall–Kier alpha value is -1.85. The lowest BCUT2D eigenvalue weighted by molar-refractivity contribution is -0.293. The number of thiophene rings is 1. The summed E-state index contributed by atoms with van der Waals surface area (Å²) in [6.45, 7) is 4.43. The zero-order valence-corrected chi connectivity index (χ0v) is 16.9. The van der Waals surface area contributed by atoms with Gasteiger partial charge in [0.25, 0.3) is 5.91 Å². The van der Waals surface area contributed by atoms with Crippen molar-refractivity contribution in [2.45, 2.75) is 57.3 Å². The monoisotopic (exact) mass is 382 g/mol. The van der Waals surface area contributed by atoms with Gasteiger partial charge in [0, 0.05) is 29.6 Å². The molecule has 4 unspecified atom stereocenters. The Bertz CT molecular complexity index is 872. The normalized spacial score (nSPS) is 32.2. The lowest BCUT2D eigenvalue weighted by Gasteiger charge is -2.80. The topological polar surface area (TPSA) is 41.6 Å². The minimum atomic E-state index is 0.103. The number of amides is 1. The fraction of sp³-hybridized carbons (Fsp3) is 0.500. The third-order valence-electron chi connectivity index (χ3n) is 7.32. The van der Waals surface area contributed by atoms with E-state index in [0.29, 0.717) is 29.6 Å². The second-order valence-corrected chi connectivity index (χ2v) is 9.22. The smallest absolute Gasteiger partial charge is 0.261 e. The highest BCUT2D eigenvalue weighted by Gasteiger charge is 2.75. The van der Waals surface area contributed by atoms with Gasteiger partial charge in [-0.2, -0.15) is 0 Å². The number of rotatable bonds is 5. The zero-order chi connectivity index (χ0) is 18.8. The molecule has 1 aromatic heterocycles. The van der Waals surface area contributed by atoms with Crippen LogP contribution in [-0.4, -0.2) is 36.0 Å². The average molecular weight is 383 g/mol. The number of carbonyl (C=O) groups excluding carboxylic acids is 1. The second-order valence-electron chi connectivity index (χ2n) is 8.27. The van der Waals surface area contributed by atoms with Crippen LogP contribution in [0.25, 0.3) is 0 Å². The Morgan fingerprint density at radius 2 is 2.22 bits per heavy atom. The lowest BCUT2D eigenvalue weighted by Crippen LogP contribution is -2.89. The van der Waals surface area contributed by atoms with Gasteiger partial charge < -0.3 is 10.1 Å². The standard InChI is InChI=1S/C22H26N2O2S/c1-13-11-15(6-7-16(13)26-3)14(2)24-19-8-9-22(19)18(12-20(22)24)23-21(25)17-5-4-10-27-17/h4-7,10-11,14,18-20H,8-9,12H2,1-3H3,(H,23,25)/t14?,18?,19-,20?,22?/m1/s1. The van der Waals surface area contributed by atoms with Crippen molar-refractivity contribution in [3.63, 3.8) is 0 Å². The number of hydrogen-bond acceptors (Lipinski definition) is 4. The Balaban J connectivity index is 1.29. The van der Waals surface area contributed by atoms with Gasteiger partial charge in [-0.15, -0.1) is 11.3 Å². The summed E-state index contributed by atoms with van der Waals surface area (Å²) in [5.74, 6) is 1.05. The van der Waals surface area contributed by atoms with Crippen molar-refractivity contribution in [2.75, 3.05) is 7.11 Å². The molecule has 1 aromatic carbocycles. The van der Waals surface area contributed by atoms with Gasteiger partial charge in [-0.1, -0.05) is 18.2 Å². The Morgan fingerprint density at radius 3 is 2.81 bits per heavy atom. The van der Waals surface area contributed by atoms with Crippen LogP contribution in [-0.2, 0) is 0 Å². The van der Waals surface area contributed by atoms with Crippen LogP contribution in [0.5, 0.6) is 5.75 Å². The first-order chi connectivity index (χ1) is 13.1. The first-order valence-electron chi connectivity index (χ1n) is 9.82. The third-order valence-corrected chi connectivity index (χ3v) is 8.19. The number of benzene rings is 1. The Labute approximate surface area is 164 Å². The highest BCUT2D eigenvalue weighted by Crippen LogP contribution is 2.69. The number of nitrogens with zero attached hydrogens (tertiary/aromatic N) is 1. The molecule has 142 valence electrons. The van der Waals surface area contributed by atoms with Gasteiger partial charge in [0.15, 0.2) is 0 Å². The molecule has 3 fully saturated rings. The molecule has 3 aliphatic rings. The maximum atomic E-state index is 12.5. The lowest BCUT2D eigenvalue weighted by atomic mass is 9.39. The van der Waals surface area contributed by atoms with Crippen LogP contribution in [0.1, 0.15) is 53.0 Å².